The van der Waals surface area contributed by atoms with Crippen LogP contribution in [0.15, 0.2) is 42.5 Å². The monoisotopic (exact) mass is 412 g/mol. The number of rotatable bonds is 4. The molecule has 152 valence electrons. The lowest BCUT2D eigenvalue weighted by atomic mass is 10.1. The Morgan fingerprint density at radius 2 is 1.90 bits per heavy atom. The maximum atomic E-state index is 14.2. The largest absolute Gasteiger partial charge is 0.497 e. The Morgan fingerprint density at radius 3 is 2.62 bits per heavy atom. The standard InChI is InChI=1S/C23H25FN2O2S/c1-16-21-19(24)5-3-6-20(21)29-22(16)23(27)26-12-4-11-25(13-14-26)15-17-7-9-18(28-2)10-8-17/h3,5-10H,4,11-15H2,1-2H3. The van der Waals surface area contributed by atoms with Gasteiger partial charge >= 0.3 is 0 Å². The van der Waals surface area contributed by atoms with E-state index in [1.807, 2.05) is 30.0 Å². The third kappa shape index (κ3) is 4.14. The van der Waals surface area contributed by atoms with Gasteiger partial charge in [0.2, 0.25) is 0 Å². The van der Waals surface area contributed by atoms with E-state index in [1.54, 1.807) is 13.2 Å². The smallest absolute Gasteiger partial charge is 0.264 e. The topological polar surface area (TPSA) is 32.8 Å². The van der Waals surface area contributed by atoms with Crippen molar-refractivity contribution < 1.29 is 13.9 Å². The second-order valence-corrected chi connectivity index (χ2v) is 8.49. The van der Waals surface area contributed by atoms with Gasteiger partial charge in [0.1, 0.15) is 11.6 Å². The number of benzene rings is 2. The van der Waals surface area contributed by atoms with E-state index < -0.39 is 0 Å². The summed E-state index contributed by atoms with van der Waals surface area (Å²) in [5.74, 6) is 0.628. The molecule has 0 unspecified atom stereocenters. The minimum atomic E-state index is -0.253. The number of nitrogens with zero attached hydrogens (tertiary/aromatic N) is 2. The van der Waals surface area contributed by atoms with E-state index in [4.69, 9.17) is 4.74 Å². The lowest BCUT2D eigenvalue weighted by molar-refractivity contribution is 0.0765. The number of ether oxygens (including phenoxy) is 1. The molecule has 0 aliphatic carbocycles. The van der Waals surface area contributed by atoms with Crippen LogP contribution in [0.25, 0.3) is 10.1 Å². The first-order valence-corrected chi connectivity index (χ1v) is 10.7. The summed E-state index contributed by atoms with van der Waals surface area (Å²) < 4.78 is 20.3. The molecule has 1 amide bonds. The van der Waals surface area contributed by atoms with Gasteiger partial charge in [-0.05, 0) is 48.7 Å². The van der Waals surface area contributed by atoms with Crippen molar-refractivity contribution in [2.24, 2.45) is 0 Å². The zero-order valence-electron chi connectivity index (χ0n) is 16.8. The number of methoxy groups -OCH3 is 1. The summed E-state index contributed by atoms with van der Waals surface area (Å²) in [7, 11) is 1.67. The second-order valence-electron chi connectivity index (χ2n) is 7.44. The summed E-state index contributed by atoms with van der Waals surface area (Å²) in [6.45, 7) is 5.91. The van der Waals surface area contributed by atoms with E-state index in [0.717, 1.165) is 48.6 Å². The molecular formula is C23H25FN2O2S. The maximum Gasteiger partial charge on any atom is 0.264 e. The number of halogens is 1. The number of carbonyl (C=O) groups excluding carboxylic acids is 1. The van der Waals surface area contributed by atoms with Crippen molar-refractivity contribution in [3.05, 3.63) is 64.3 Å². The van der Waals surface area contributed by atoms with Crippen molar-refractivity contribution in [1.82, 2.24) is 9.80 Å². The van der Waals surface area contributed by atoms with E-state index in [0.29, 0.717) is 16.8 Å². The quantitative estimate of drug-likeness (QED) is 0.622. The molecule has 3 aromatic rings. The zero-order chi connectivity index (χ0) is 20.4. The molecule has 0 N–H and O–H groups in total. The summed E-state index contributed by atoms with van der Waals surface area (Å²) in [4.78, 5) is 18.1. The number of aryl methyl sites for hydroxylation is 1. The molecule has 0 radical (unpaired) electrons. The molecule has 1 aliphatic heterocycles. The van der Waals surface area contributed by atoms with Crippen LogP contribution in [0.5, 0.6) is 5.75 Å². The fourth-order valence-corrected chi connectivity index (χ4v) is 5.11. The Balaban J connectivity index is 1.45. The lowest BCUT2D eigenvalue weighted by Gasteiger charge is -2.22. The SMILES string of the molecule is COc1ccc(CN2CCCN(C(=O)c3sc4cccc(F)c4c3C)CC2)cc1. The van der Waals surface area contributed by atoms with E-state index in [1.165, 1.54) is 23.0 Å². The molecular weight excluding hydrogens is 387 g/mol. The molecule has 0 spiro atoms. The van der Waals surface area contributed by atoms with Crippen LogP contribution in [0.3, 0.4) is 0 Å². The van der Waals surface area contributed by atoms with Crippen LogP contribution in [-0.2, 0) is 6.54 Å². The minimum absolute atomic E-state index is 0.0226. The van der Waals surface area contributed by atoms with Crippen LogP contribution in [0, 0.1) is 12.7 Å². The first-order valence-electron chi connectivity index (χ1n) is 9.89. The molecule has 1 fully saturated rings. The fourth-order valence-electron chi connectivity index (χ4n) is 3.92. The van der Waals surface area contributed by atoms with Gasteiger partial charge in [-0.3, -0.25) is 9.69 Å². The number of hydrogen-bond acceptors (Lipinski definition) is 4. The van der Waals surface area contributed by atoms with Crippen LogP contribution in [-0.4, -0.2) is 49.0 Å². The van der Waals surface area contributed by atoms with Gasteiger partial charge in [-0.2, -0.15) is 0 Å². The van der Waals surface area contributed by atoms with Crippen molar-refractivity contribution in [3.8, 4) is 5.75 Å². The highest BCUT2D eigenvalue weighted by molar-refractivity contribution is 7.21. The average Bonchev–Trinajstić information content (AvgIpc) is 2.91. The Labute approximate surface area is 174 Å². The van der Waals surface area contributed by atoms with E-state index >= 15 is 0 Å². The van der Waals surface area contributed by atoms with Crippen LogP contribution in [0.2, 0.25) is 0 Å². The first-order chi connectivity index (χ1) is 14.1. The van der Waals surface area contributed by atoms with Crippen LogP contribution < -0.4 is 4.74 Å². The molecule has 0 saturated carbocycles. The minimum Gasteiger partial charge on any atom is -0.497 e. The van der Waals surface area contributed by atoms with Crippen LogP contribution in [0.4, 0.5) is 4.39 Å². The summed E-state index contributed by atoms with van der Waals surface area (Å²) in [6, 6.07) is 13.2. The normalized spacial score (nSPS) is 15.5. The molecule has 0 atom stereocenters. The summed E-state index contributed by atoms with van der Waals surface area (Å²) in [6.07, 6.45) is 0.931. The summed E-state index contributed by atoms with van der Waals surface area (Å²) in [5, 5.41) is 0.580. The second kappa shape index (κ2) is 8.51. The number of thiophene rings is 1. The number of hydrogen-bond donors (Lipinski definition) is 0. The van der Waals surface area contributed by atoms with E-state index in [9.17, 15) is 9.18 Å². The van der Waals surface area contributed by atoms with Gasteiger partial charge in [0.15, 0.2) is 0 Å². The lowest BCUT2D eigenvalue weighted by Crippen LogP contribution is -2.35. The van der Waals surface area contributed by atoms with E-state index in [-0.39, 0.29) is 11.7 Å². The highest BCUT2D eigenvalue weighted by Crippen LogP contribution is 2.33. The van der Waals surface area contributed by atoms with Gasteiger partial charge in [0.05, 0.1) is 12.0 Å². The molecule has 6 heteroatoms. The van der Waals surface area contributed by atoms with Gasteiger partial charge in [-0.1, -0.05) is 18.2 Å². The third-order valence-electron chi connectivity index (χ3n) is 5.54. The van der Waals surface area contributed by atoms with Crippen molar-refractivity contribution >= 4 is 27.3 Å². The van der Waals surface area contributed by atoms with Gasteiger partial charge in [-0.15, -0.1) is 11.3 Å². The first kappa shape index (κ1) is 19.9. The van der Waals surface area contributed by atoms with Crippen molar-refractivity contribution in [1.29, 1.82) is 0 Å². The summed E-state index contributed by atoms with van der Waals surface area (Å²) >= 11 is 1.40. The Kier molecular flexibility index (Phi) is 5.83. The van der Waals surface area contributed by atoms with Crippen molar-refractivity contribution in [2.75, 3.05) is 33.3 Å². The predicted octanol–water partition coefficient (Wildman–Crippen LogP) is 4.71. The highest BCUT2D eigenvalue weighted by Gasteiger charge is 2.24. The van der Waals surface area contributed by atoms with Crippen LogP contribution in [0.1, 0.15) is 27.2 Å². The predicted molar refractivity (Wildman–Crippen MR) is 115 cm³/mol. The van der Waals surface area contributed by atoms with Crippen molar-refractivity contribution in [3.63, 3.8) is 0 Å². The van der Waals surface area contributed by atoms with Crippen molar-refractivity contribution in [2.45, 2.75) is 19.9 Å². The highest BCUT2D eigenvalue weighted by atomic mass is 32.1. The molecule has 4 rings (SSSR count). The maximum absolute atomic E-state index is 14.2. The number of amides is 1. The van der Waals surface area contributed by atoms with Crippen LogP contribution >= 0.6 is 11.3 Å². The van der Waals surface area contributed by atoms with Gasteiger partial charge in [0, 0.05) is 42.8 Å². The molecule has 1 aromatic heterocycles. The third-order valence-corrected chi connectivity index (χ3v) is 6.78. The number of fused-ring (bicyclic) bond motifs is 1. The fraction of sp³-hybridized carbons (Fsp3) is 0.348. The molecule has 4 nitrogen and oxygen atoms in total. The molecule has 1 aliphatic rings. The molecule has 29 heavy (non-hydrogen) atoms. The Morgan fingerprint density at radius 1 is 1.10 bits per heavy atom. The zero-order valence-corrected chi connectivity index (χ0v) is 17.6. The number of carbonyl (C=O) groups is 1. The average molecular weight is 413 g/mol. The summed E-state index contributed by atoms with van der Waals surface area (Å²) in [5.41, 5.74) is 1.99. The molecule has 2 aromatic carbocycles. The van der Waals surface area contributed by atoms with E-state index in [2.05, 4.69) is 17.0 Å². The Bertz CT molecular complexity index is 1020. The Hall–Kier alpha value is -2.44. The van der Waals surface area contributed by atoms with Gasteiger partial charge in [0.25, 0.3) is 5.91 Å². The molecule has 2 heterocycles. The van der Waals surface area contributed by atoms with Gasteiger partial charge < -0.3 is 9.64 Å². The molecule has 1 saturated heterocycles. The molecule has 0 bridgehead atoms. The van der Waals surface area contributed by atoms with Gasteiger partial charge in [-0.25, -0.2) is 4.39 Å².